The summed E-state index contributed by atoms with van der Waals surface area (Å²) in [6.45, 7) is 0.0863. The molecule has 2 aromatic carbocycles. The van der Waals surface area contributed by atoms with Gasteiger partial charge in [-0.3, -0.25) is 0 Å². The van der Waals surface area contributed by atoms with Gasteiger partial charge >= 0.3 is 0 Å². The summed E-state index contributed by atoms with van der Waals surface area (Å²) in [6.07, 6.45) is 5.38. The van der Waals surface area contributed by atoms with Gasteiger partial charge in [-0.25, -0.2) is 0 Å². The Morgan fingerprint density at radius 2 is 1.76 bits per heavy atom. The molecule has 1 aliphatic rings. The topological polar surface area (TPSA) is 20.2 Å². The van der Waals surface area contributed by atoms with E-state index in [4.69, 9.17) is 0 Å². The van der Waals surface area contributed by atoms with Gasteiger partial charge in [-0.05, 0) is 51.8 Å². The van der Waals surface area contributed by atoms with Crippen molar-refractivity contribution in [1.82, 2.24) is 0 Å². The molecule has 0 aromatic heterocycles. The summed E-state index contributed by atoms with van der Waals surface area (Å²) in [4.78, 5) is 0. The van der Waals surface area contributed by atoms with E-state index in [2.05, 4.69) is 47.9 Å². The standard InChI is InChI=1S/C19H18OS/c20-13-17-5-1-3-15(11-17)7-8-16-4-2-6-18(12-16)19-9-10-21-14-19/h1-8,11-12,14,20H,9-10,13H2/b8-7+. The minimum Gasteiger partial charge on any atom is -0.392 e. The summed E-state index contributed by atoms with van der Waals surface area (Å²) in [7, 11) is 0. The van der Waals surface area contributed by atoms with Crippen LogP contribution in [0.5, 0.6) is 0 Å². The largest absolute Gasteiger partial charge is 0.392 e. The summed E-state index contributed by atoms with van der Waals surface area (Å²) in [6, 6.07) is 16.6. The average molecular weight is 294 g/mol. The molecule has 0 radical (unpaired) electrons. The fraction of sp³-hybridized carbons (Fsp3) is 0.158. The molecular formula is C19H18OS. The Labute approximate surface area is 130 Å². The molecule has 21 heavy (non-hydrogen) atoms. The second-order valence-electron chi connectivity index (χ2n) is 5.13. The van der Waals surface area contributed by atoms with Crippen molar-refractivity contribution in [2.24, 2.45) is 0 Å². The highest BCUT2D eigenvalue weighted by Crippen LogP contribution is 2.30. The minimum atomic E-state index is 0.0863. The lowest BCUT2D eigenvalue weighted by molar-refractivity contribution is 0.282. The molecule has 1 N–H and O–H groups in total. The molecule has 2 aromatic rings. The minimum absolute atomic E-state index is 0.0863. The third-order valence-electron chi connectivity index (χ3n) is 3.57. The van der Waals surface area contributed by atoms with Crippen molar-refractivity contribution in [3.05, 3.63) is 76.2 Å². The van der Waals surface area contributed by atoms with Crippen LogP contribution in [0.1, 0.15) is 28.7 Å². The van der Waals surface area contributed by atoms with E-state index in [0.717, 1.165) is 17.5 Å². The van der Waals surface area contributed by atoms with Crippen molar-refractivity contribution in [1.29, 1.82) is 0 Å². The number of benzene rings is 2. The van der Waals surface area contributed by atoms with Crippen LogP contribution in [-0.4, -0.2) is 10.9 Å². The van der Waals surface area contributed by atoms with Gasteiger partial charge < -0.3 is 5.11 Å². The van der Waals surface area contributed by atoms with E-state index < -0.39 is 0 Å². The number of rotatable bonds is 4. The van der Waals surface area contributed by atoms with Crippen LogP contribution in [-0.2, 0) is 6.61 Å². The average Bonchev–Trinajstić information content (AvgIpc) is 3.08. The zero-order valence-corrected chi connectivity index (χ0v) is 12.6. The fourth-order valence-corrected chi connectivity index (χ4v) is 3.34. The Morgan fingerprint density at radius 1 is 1.00 bits per heavy atom. The molecule has 0 bridgehead atoms. The second-order valence-corrected chi connectivity index (χ2v) is 6.10. The van der Waals surface area contributed by atoms with E-state index in [-0.39, 0.29) is 6.61 Å². The van der Waals surface area contributed by atoms with Gasteiger partial charge in [-0.1, -0.05) is 48.6 Å². The number of allylic oxidation sites excluding steroid dienone is 1. The summed E-state index contributed by atoms with van der Waals surface area (Å²) < 4.78 is 0. The maximum absolute atomic E-state index is 9.17. The van der Waals surface area contributed by atoms with E-state index in [1.165, 1.54) is 22.5 Å². The Bertz CT molecular complexity index is 685. The predicted octanol–water partition coefficient (Wildman–Crippen LogP) is 4.83. The third kappa shape index (κ3) is 3.66. The fourth-order valence-electron chi connectivity index (χ4n) is 2.43. The molecule has 0 amide bonds. The highest BCUT2D eigenvalue weighted by atomic mass is 32.2. The van der Waals surface area contributed by atoms with Gasteiger partial charge in [0.2, 0.25) is 0 Å². The highest BCUT2D eigenvalue weighted by molar-refractivity contribution is 8.02. The van der Waals surface area contributed by atoms with Gasteiger partial charge in [0.25, 0.3) is 0 Å². The van der Waals surface area contributed by atoms with Gasteiger partial charge in [0, 0.05) is 5.75 Å². The molecule has 0 saturated heterocycles. The highest BCUT2D eigenvalue weighted by Gasteiger charge is 2.07. The quantitative estimate of drug-likeness (QED) is 0.815. The molecule has 1 nitrogen and oxygen atoms in total. The summed E-state index contributed by atoms with van der Waals surface area (Å²) in [5.74, 6) is 1.20. The van der Waals surface area contributed by atoms with Crippen LogP contribution in [0.3, 0.4) is 0 Å². The van der Waals surface area contributed by atoms with Gasteiger partial charge in [0.15, 0.2) is 0 Å². The first-order valence-corrected chi connectivity index (χ1v) is 8.19. The van der Waals surface area contributed by atoms with Crippen LogP contribution in [0, 0.1) is 0 Å². The number of hydrogen-bond acceptors (Lipinski definition) is 2. The van der Waals surface area contributed by atoms with Crippen molar-refractivity contribution in [3.8, 4) is 0 Å². The van der Waals surface area contributed by atoms with Gasteiger partial charge in [-0.15, -0.1) is 11.8 Å². The van der Waals surface area contributed by atoms with Crippen molar-refractivity contribution in [3.63, 3.8) is 0 Å². The lowest BCUT2D eigenvalue weighted by Gasteiger charge is -2.03. The summed E-state index contributed by atoms with van der Waals surface area (Å²) >= 11 is 1.89. The first-order valence-electron chi connectivity index (χ1n) is 7.14. The normalized spacial score (nSPS) is 14.6. The Balaban J connectivity index is 1.80. The van der Waals surface area contributed by atoms with Crippen molar-refractivity contribution < 1.29 is 5.11 Å². The summed E-state index contributed by atoms with van der Waals surface area (Å²) in [5, 5.41) is 11.4. The third-order valence-corrected chi connectivity index (χ3v) is 4.47. The molecule has 2 heteroatoms. The van der Waals surface area contributed by atoms with Crippen LogP contribution < -0.4 is 0 Å². The molecule has 106 valence electrons. The van der Waals surface area contributed by atoms with E-state index in [1.54, 1.807) is 0 Å². The lowest BCUT2D eigenvalue weighted by atomic mass is 10.0. The molecular weight excluding hydrogens is 276 g/mol. The molecule has 0 saturated carbocycles. The second kappa shape index (κ2) is 6.79. The first-order chi connectivity index (χ1) is 10.3. The van der Waals surface area contributed by atoms with Gasteiger partial charge in [0.1, 0.15) is 0 Å². The lowest BCUT2D eigenvalue weighted by Crippen LogP contribution is -1.84. The number of hydrogen-bond donors (Lipinski definition) is 1. The monoisotopic (exact) mass is 294 g/mol. The van der Waals surface area contributed by atoms with Crippen LogP contribution in [0.25, 0.3) is 17.7 Å². The van der Waals surface area contributed by atoms with Crippen LogP contribution in [0.4, 0.5) is 0 Å². The zero-order chi connectivity index (χ0) is 14.5. The van der Waals surface area contributed by atoms with Crippen LogP contribution >= 0.6 is 11.8 Å². The van der Waals surface area contributed by atoms with Crippen molar-refractivity contribution in [2.75, 3.05) is 5.75 Å². The van der Waals surface area contributed by atoms with Crippen molar-refractivity contribution >= 4 is 29.5 Å². The molecule has 0 spiro atoms. The predicted molar refractivity (Wildman–Crippen MR) is 92.8 cm³/mol. The Kier molecular flexibility index (Phi) is 4.59. The molecule has 0 fully saturated rings. The Hall–Kier alpha value is -1.77. The van der Waals surface area contributed by atoms with Crippen LogP contribution in [0.15, 0.2) is 53.9 Å². The first kappa shape index (κ1) is 14.2. The summed E-state index contributed by atoms with van der Waals surface area (Å²) in [5.41, 5.74) is 6.03. The maximum atomic E-state index is 9.17. The van der Waals surface area contributed by atoms with Gasteiger partial charge in [-0.2, -0.15) is 0 Å². The van der Waals surface area contributed by atoms with Gasteiger partial charge in [0.05, 0.1) is 6.61 Å². The van der Waals surface area contributed by atoms with Crippen molar-refractivity contribution in [2.45, 2.75) is 13.0 Å². The molecule has 0 atom stereocenters. The SMILES string of the molecule is OCc1cccc(/C=C/c2cccc(C3=CSCC3)c2)c1. The Morgan fingerprint density at radius 3 is 2.48 bits per heavy atom. The van der Waals surface area contributed by atoms with Crippen LogP contribution in [0.2, 0.25) is 0 Å². The smallest absolute Gasteiger partial charge is 0.0682 e. The number of thioether (sulfide) groups is 1. The molecule has 0 unspecified atom stereocenters. The number of aliphatic hydroxyl groups is 1. The molecule has 1 aliphatic heterocycles. The molecule has 3 rings (SSSR count). The number of aliphatic hydroxyl groups excluding tert-OH is 1. The van der Waals surface area contributed by atoms with E-state index >= 15 is 0 Å². The molecule has 1 heterocycles. The van der Waals surface area contributed by atoms with E-state index in [9.17, 15) is 5.11 Å². The molecule has 0 aliphatic carbocycles. The zero-order valence-electron chi connectivity index (χ0n) is 11.8. The maximum Gasteiger partial charge on any atom is 0.0682 e. The van der Waals surface area contributed by atoms with E-state index in [0.29, 0.717) is 0 Å². The van der Waals surface area contributed by atoms with E-state index in [1.807, 2.05) is 30.0 Å².